The molecule has 9 heteroatoms. The quantitative estimate of drug-likeness (QED) is 0.282. The predicted octanol–water partition coefficient (Wildman–Crippen LogP) is -2.37. The van der Waals surface area contributed by atoms with Crippen molar-refractivity contribution in [2.45, 2.75) is 24.4 Å². The second-order valence-electron chi connectivity index (χ2n) is 4.28. The lowest BCUT2D eigenvalue weighted by Crippen LogP contribution is -2.48. The van der Waals surface area contributed by atoms with E-state index >= 15 is 0 Å². The molecule has 22 heavy (non-hydrogen) atoms. The fourth-order valence-electron chi connectivity index (χ4n) is 1.33. The summed E-state index contributed by atoms with van der Waals surface area (Å²) in [6.07, 6.45) is -2.96. The molecule has 0 saturated heterocycles. The van der Waals surface area contributed by atoms with Crippen molar-refractivity contribution in [3.8, 4) is 0 Å². The molecule has 7 N–H and O–H groups in total. The fourth-order valence-corrected chi connectivity index (χ4v) is 1.33. The lowest BCUT2D eigenvalue weighted by atomic mass is 10.0. The standard InChI is InChI=1S/C7H6O2.C6H12O7/c1-5-3-2-4-6(5)7(8)9;7-1-2(8)3(9)4(10)5(11)6(12)13/h2-4H,1H2,(H,8,9);2-5,7-11H,1H2,(H,12,13). The Morgan fingerprint density at radius 3 is 1.91 bits per heavy atom. The van der Waals surface area contributed by atoms with Crippen LogP contribution in [0.3, 0.4) is 0 Å². The Morgan fingerprint density at radius 2 is 1.64 bits per heavy atom. The molecule has 0 aromatic rings. The van der Waals surface area contributed by atoms with Crippen LogP contribution < -0.4 is 0 Å². The molecular weight excluding hydrogens is 300 g/mol. The van der Waals surface area contributed by atoms with Crippen molar-refractivity contribution in [3.05, 3.63) is 36.0 Å². The number of carboxylic acids is 2. The molecule has 0 fully saturated rings. The Hall–Kier alpha value is -2.04. The van der Waals surface area contributed by atoms with Crippen LogP contribution >= 0.6 is 0 Å². The Labute approximate surface area is 125 Å². The molecule has 4 atom stereocenters. The maximum Gasteiger partial charge on any atom is 0.336 e. The van der Waals surface area contributed by atoms with Crippen LogP contribution in [-0.2, 0) is 9.59 Å². The third-order valence-electron chi connectivity index (χ3n) is 2.64. The molecule has 124 valence electrons. The van der Waals surface area contributed by atoms with Gasteiger partial charge >= 0.3 is 11.9 Å². The molecule has 0 saturated carbocycles. The zero-order chi connectivity index (χ0) is 17.4. The molecule has 1 aliphatic carbocycles. The van der Waals surface area contributed by atoms with Crippen molar-refractivity contribution < 1.29 is 45.3 Å². The average molecular weight is 318 g/mol. The van der Waals surface area contributed by atoms with Gasteiger partial charge in [0.1, 0.15) is 18.3 Å². The van der Waals surface area contributed by atoms with Crippen LogP contribution in [-0.4, -0.2) is 78.7 Å². The second kappa shape index (κ2) is 9.07. The summed E-state index contributed by atoms with van der Waals surface area (Å²) in [5, 5.41) is 60.2. The lowest BCUT2D eigenvalue weighted by molar-refractivity contribution is -0.164. The summed E-state index contributed by atoms with van der Waals surface area (Å²) in [6, 6.07) is 0. The monoisotopic (exact) mass is 318 g/mol. The van der Waals surface area contributed by atoms with E-state index in [9.17, 15) is 9.59 Å². The molecule has 0 aromatic heterocycles. The Balaban J connectivity index is 0.000000425. The Bertz CT molecular complexity index is 480. The van der Waals surface area contributed by atoms with E-state index in [0.29, 0.717) is 5.57 Å². The van der Waals surface area contributed by atoms with E-state index in [1.807, 2.05) is 0 Å². The molecule has 0 aromatic carbocycles. The summed E-state index contributed by atoms with van der Waals surface area (Å²) < 4.78 is 0. The van der Waals surface area contributed by atoms with Crippen molar-refractivity contribution in [2.24, 2.45) is 0 Å². The van der Waals surface area contributed by atoms with E-state index < -0.39 is 43.0 Å². The minimum Gasteiger partial charge on any atom is -0.479 e. The van der Waals surface area contributed by atoms with E-state index in [0.717, 1.165) is 0 Å². The van der Waals surface area contributed by atoms with E-state index in [4.69, 9.17) is 35.7 Å². The van der Waals surface area contributed by atoms with Crippen molar-refractivity contribution in [1.29, 1.82) is 0 Å². The highest BCUT2D eigenvalue weighted by atomic mass is 16.4. The molecule has 0 heterocycles. The van der Waals surface area contributed by atoms with E-state index in [-0.39, 0.29) is 5.57 Å². The Morgan fingerprint density at radius 1 is 1.09 bits per heavy atom. The number of carbonyl (C=O) groups is 2. The average Bonchev–Trinajstić information content (AvgIpc) is 2.90. The Kier molecular flexibility index (Phi) is 8.23. The zero-order valence-corrected chi connectivity index (χ0v) is 11.4. The van der Waals surface area contributed by atoms with E-state index in [1.54, 1.807) is 12.2 Å². The number of aliphatic hydroxyl groups is 5. The highest BCUT2D eigenvalue weighted by Crippen LogP contribution is 2.15. The van der Waals surface area contributed by atoms with E-state index in [2.05, 4.69) is 6.58 Å². The van der Waals surface area contributed by atoms with Crippen molar-refractivity contribution >= 4 is 11.9 Å². The van der Waals surface area contributed by atoms with Gasteiger partial charge in [0.25, 0.3) is 0 Å². The first-order valence-electron chi connectivity index (χ1n) is 6.00. The zero-order valence-electron chi connectivity index (χ0n) is 11.4. The van der Waals surface area contributed by atoms with Gasteiger partial charge in [0.2, 0.25) is 0 Å². The third kappa shape index (κ3) is 5.76. The molecule has 4 unspecified atom stereocenters. The van der Waals surface area contributed by atoms with Gasteiger partial charge in [-0.25, -0.2) is 9.59 Å². The number of aliphatic carboxylic acids is 2. The first-order valence-corrected chi connectivity index (χ1v) is 6.00. The summed E-state index contributed by atoms with van der Waals surface area (Å²) in [5.41, 5.74) is 0.859. The van der Waals surface area contributed by atoms with Gasteiger partial charge in [-0.1, -0.05) is 18.7 Å². The number of allylic oxidation sites excluding steroid dienone is 3. The summed E-state index contributed by atoms with van der Waals surface area (Å²) in [6.45, 7) is 2.68. The first-order chi connectivity index (χ1) is 10.1. The molecule has 0 spiro atoms. The largest absolute Gasteiger partial charge is 0.479 e. The van der Waals surface area contributed by atoms with Crippen LogP contribution in [0.1, 0.15) is 0 Å². The van der Waals surface area contributed by atoms with Gasteiger partial charge in [-0.2, -0.15) is 0 Å². The van der Waals surface area contributed by atoms with Gasteiger partial charge in [0, 0.05) is 0 Å². The van der Waals surface area contributed by atoms with Gasteiger partial charge in [-0.05, 0) is 11.6 Å². The first kappa shape index (κ1) is 20.0. The molecule has 0 aliphatic heterocycles. The van der Waals surface area contributed by atoms with Crippen LogP contribution in [0.5, 0.6) is 0 Å². The molecule has 0 amide bonds. The highest BCUT2D eigenvalue weighted by Gasteiger charge is 2.33. The van der Waals surface area contributed by atoms with Crippen molar-refractivity contribution in [3.63, 3.8) is 0 Å². The van der Waals surface area contributed by atoms with Gasteiger partial charge < -0.3 is 35.7 Å². The summed E-state index contributed by atoms with van der Waals surface area (Å²) in [5.74, 6) is -2.64. The minimum atomic E-state index is -2.20. The number of aliphatic hydroxyl groups excluding tert-OH is 5. The normalized spacial score (nSPS) is 18.6. The summed E-state index contributed by atoms with van der Waals surface area (Å²) >= 11 is 0. The molecular formula is C13H18O9. The van der Waals surface area contributed by atoms with Crippen LogP contribution in [0.25, 0.3) is 0 Å². The molecule has 0 bridgehead atoms. The van der Waals surface area contributed by atoms with Gasteiger partial charge in [0.05, 0.1) is 12.2 Å². The van der Waals surface area contributed by atoms with Gasteiger partial charge in [0.15, 0.2) is 6.10 Å². The van der Waals surface area contributed by atoms with Crippen LogP contribution in [0, 0.1) is 0 Å². The fraction of sp³-hybridized carbons (Fsp3) is 0.385. The van der Waals surface area contributed by atoms with E-state index in [1.165, 1.54) is 6.08 Å². The number of rotatable bonds is 6. The number of hydrogen-bond acceptors (Lipinski definition) is 7. The molecule has 9 nitrogen and oxygen atoms in total. The SMILES string of the molecule is C=C1C=CC=C1C(=O)O.O=C(O)C(O)C(O)C(O)C(O)CO. The van der Waals surface area contributed by atoms with Crippen molar-refractivity contribution in [1.82, 2.24) is 0 Å². The maximum absolute atomic E-state index is 10.2. The third-order valence-corrected chi connectivity index (χ3v) is 2.64. The van der Waals surface area contributed by atoms with Gasteiger partial charge in [-0.15, -0.1) is 0 Å². The predicted molar refractivity (Wildman–Crippen MR) is 72.7 cm³/mol. The topological polar surface area (TPSA) is 176 Å². The van der Waals surface area contributed by atoms with Crippen LogP contribution in [0.4, 0.5) is 0 Å². The maximum atomic E-state index is 10.2. The van der Waals surface area contributed by atoms with Crippen LogP contribution in [0.15, 0.2) is 36.0 Å². The number of hydrogen-bond donors (Lipinski definition) is 7. The summed E-state index contributed by atoms with van der Waals surface area (Å²) in [7, 11) is 0. The van der Waals surface area contributed by atoms with Crippen molar-refractivity contribution in [2.75, 3.05) is 6.61 Å². The number of carboxylic acid groups (broad SMARTS) is 2. The summed E-state index contributed by atoms with van der Waals surface area (Å²) in [4.78, 5) is 20.3. The smallest absolute Gasteiger partial charge is 0.336 e. The molecule has 1 aliphatic rings. The molecule has 1 rings (SSSR count). The second-order valence-corrected chi connectivity index (χ2v) is 4.28. The highest BCUT2D eigenvalue weighted by molar-refractivity contribution is 5.94. The minimum absolute atomic E-state index is 0.287. The lowest BCUT2D eigenvalue weighted by Gasteiger charge is -2.23. The van der Waals surface area contributed by atoms with Crippen LogP contribution in [0.2, 0.25) is 0 Å². The van der Waals surface area contributed by atoms with Gasteiger partial charge in [-0.3, -0.25) is 0 Å². The molecule has 0 radical (unpaired) electrons.